The van der Waals surface area contributed by atoms with Gasteiger partial charge in [-0.2, -0.15) is 0 Å². The minimum absolute atomic E-state index is 0.282. The smallest absolute Gasteiger partial charge is 0.313 e. The van der Waals surface area contributed by atoms with Crippen LogP contribution in [-0.2, 0) is 4.79 Å². The van der Waals surface area contributed by atoms with Gasteiger partial charge in [0.25, 0.3) is 0 Å². The molecule has 1 fully saturated rings. The Morgan fingerprint density at radius 2 is 2.00 bits per heavy atom. The molecule has 0 aromatic carbocycles. The van der Waals surface area contributed by atoms with Crippen molar-refractivity contribution in [2.24, 2.45) is 0 Å². The number of carboxylic acid groups (broad SMARTS) is 1. The number of hydrogen-bond donors (Lipinski definition) is 1. The van der Waals surface area contributed by atoms with Crippen LogP contribution in [0.15, 0.2) is 0 Å². The summed E-state index contributed by atoms with van der Waals surface area (Å²) in [7, 11) is 0. The van der Waals surface area contributed by atoms with Crippen molar-refractivity contribution in [2.75, 3.05) is 5.75 Å². The highest BCUT2D eigenvalue weighted by Gasteiger charge is 2.14. The number of carbonyl (C=O) groups is 1. The summed E-state index contributed by atoms with van der Waals surface area (Å²) >= 11 is 1.61. The van der Waals surface area contributed by atoms with Crippen LogP contribution >= 0.6 is 11.8 Å². The minimum Gasteiger partial charge on any atom is -0.481 e. The van der Waals surface area contributed by atoms with E-state index in [0.29, 0.717) is 5.25 Å². The zero-order valence-electron chi connectivity index (χ0n) is 6.58. The third kappa shape index (κ3) is 3.65. The van der Waals surface area contributed by atoms with Gasteiger partial charge in [0.15, 0.2) is 0 Å². The first-order valence-corrected chi connectivity index (χ1v) is 5.17. The average molecular weight is 174 g/mol. The van der Waals surface area contributed by atoms with Gasteiger partial charge in [-0.15, -0.1) is 11.8 Å². The zero-order chi connectivity index (χ0) is 8.10. The predicted molar refractivity (Wildman–Crippen MR) is 47.0 cm³/mol. The lowest BCUT2D eigenvalue weighted by atomic mass is 10.0. The number of thioether (sulfide) groups is 1. The predicted octanol–water partition coefficient (Wildman–Crippen LogP) is 2.14. The Kier molecular flexibility index (Phi) is 3.77. The normalized spacial score (nSPS) is 20.0. The van der Waals surface area contributed by atoms with Crippen LogP contribution in [0.1, 0.15) is 32.1 Å². The summed E-state index contributed by atoms with van der Waals surface area (Å²) in [6.45, 7) is 0. The Bertz CT molecular complexity index is 130. The molecule has 0 aromatic rings. The van der Waals surface area contributed by atoms with Crippen LogP contribution in [-0.4, -0.2) is 22.1 Å². The summed E-state index contributed by atoms with van der Waals surface area (Å²) in [4.78, 5) is 10.2. The molecule has 0 saturated heterocycles. The third-order valence-electron chi connectivity index (χ3n) is 1.99. The molecule has 0 bridgehead atoms. The van der Waals surface area contributed by atoms with Crippen LogP contribution < -0.4 is 0 Å². The molecule has 0 radical (unpaired) electrons. The van der Waals surface area contributed by atoms with E-state index in [1.54, 1.807) is 11.8 Å². The maximum absolute atomic E-state index is 10.2. The van der Waals surface area contributed by atoms with E-state index in [-0.39, 0.29) is 5.75 Å². The van der Waals surface area contributed by atoms with Crippen LogP contribution in [0.5, 0.6) is 0 Å². The van der Waals surface area contributed by atoms with Gasteiger partial charge in [-0.25, -0.2) is 0 Å². The molecular weight excluding hydrogens is 160 g/mol. The minimum atomic E-state index is -0.680. The van der Waals surface area contributed by atoms with Crippen molar-refractivity contribution in [3.8, 4) is 0 Å². The van der Waals surface area contributed by atoms with Crippen LogP contribution in [0.3, 0.4) is 0 Å². The lowest BCUT2D eigenvalue weighted by Crippen LogP contribution is -2.11. The van der Waals surface area contributed by atoms with Crippen LogP contribution in [0.25, 0.3) is 0 Å². The summed E-state index contributed by atoms with van der Waals surface area (Å²) in [5, 5.41) is 9.05. The first kappa shape index (κ1) is 8.91. The molecular formula is C8H14O2S. The molecule has 0 spiro atoms. The fourth-order valence-electron chi connectivity index (χ4n) is 1.42. The topological polar surface area (TPSA) is 37.3 Å². The lowest BCUT2D eigenvalue weighted by molar-refractivity contribution is -0.133. The molecule has 3 heteroatoms. The number of aliphatic carboxylic acids is 1. The summed E-state index contributed by atoms with van der Waals surface area (Å²) < 4.78 is 0. The average Bonchev–Trinajstić information content (AvgIpc) is 2.03. The fraction of sp³-hybridized carbons (Fsp3) is 0.875. The van der Waals surface area contributed by atoms with Crippen molar-refractivity contribution >= 4 is 17.7 Å². The van der Waals surface area contributed by atoms with Crippen LogP contribution in [0.2, 0.25) is 0 Å². The van der Waals surface area contributed by atoms with Gasteiger partial charge in [0.1, 0.15) is 0 Å². The molecule has 1 rings (SSSR count). The highest BCUT2D eigenvalue weighted by atomic mass is 32.2. The molecule has 11 heavy (non-hydrogen) atoms. The molecule has 64 valence electrons. The van der Waals surface area contributed by atoms with Gasteiger partial charge < -0.3 is 5.11 Å². The SMILES string of the molecule is O=C(O)CSC1CCCCC1. The van der Waals surface area contributed by atoms with Crippen LogP contribution in [0.4, 0.5) is 0 Å². The first-order valence-electron chi connectivity index (χ1n) is 4.12. The highest BCUT2D eigenvalue weighted by Crippen LogP contribution is 2.27. The number of carboxylic acids is 1. The Hall–Kier alpha value is -0.180. The summed E-state index contributed by atoms with van der Waals surface area (Å²) in [6, 6.07) is 0. The molecule has 1 aliphatic carbocycles. The Labute approximate surface area is 71.4 Å². The molecule has 0 amide bonds. The third-order valence-corrected chi connectivity index (χ3v) is 3.35. The molecule has 0 unspecified atom stereocenters. The molecule has 1 aliphatic rings. The second-order valence-electron chi connectivity index (χ2n) is 2.96. The standard InChI is InChI=1S/C8H14O2S/c9-8(10)6-11-7-4-2-1-3-5-7/h7H,1-6H2,(H,9,10). The number of hydrogen-bond acceptors (Lipinski definition) is 2. The maximum atomic E-state index is 10.2. The van der Waals surface area contributed by atoms with Gasteiger partial charge in [-0.3, -0.25) is 4.79 Å². The van der Waals surface area contributed by atoms with E-state index >= 15 is 0 Å². The van der Waals surface area contributed by atoms with Gasteiger partial charge in [0.2, 0.25) is 0 Å². The van der Waals surface area contributed by atoms with E-state index in [4.69, 9.17) is 5.11 Å². The van der Waals surface area contributed by atoms with Gasteiger partial charge in [0, 0.05) is 5.25 Å². The summed E-state index contributed by atoms with van der Waals surface area (Å²) in [5.41, 5.74) is 0. The van der Waals surface area contributed by atoms with E-state index in [2.05, 4.69) is 0 Å². The quantitative estimate of drug-likeness (QED) is 0.712. The van der Waals surface area contributed by atoms with Crippen molar-refractivity contribution < 1.29 is 9.90 Å². The van der Waals surface area contributed by atoms with Gasteiger partial charge in [-0.1, -0.05) is 19.3 Å². The maximum Gasteiger partial charge on any atom is 0.313 e. The molecule has 0 aliphatic heterocycles. The number of rotatable bonds is 3. The molecule has 0 heterocycles. The molecule has 1 N–H and O–H groups in total. The summed E-state index contributed by atoms with van der Waals surface area (Å²) in [5.74, 6) is -0.398. The van der Waals surface area contributed by atoms with E-state index in [1.807, 2.05) is 0 Å². The van der Waals surface area contributed by atoms with Crippen molar-refractivity contribution in [1.82, 2.24) is 0 Å². The van der Waals surface area contributed by atoms with Crippen molar-refractivity contribution in [3.05, 3.63) is 0 Å². The highest BCUT2D eigenvalue weighted by molar-refractivity contribution is 8.00. The first-order chi connectivity index (χ1) is 5.29. The summed E-state index contributed by atoms with van der Waals surface area (Å²) in [6.07, 6.45) is 6.36. The van der Waals surface area contributed by atoms with Gasteiger partial charge in [0.05, 0.1) is 5.75 Å². The van der Waals surface area contributed by atoms with Crippen molar-refractivity contribution in [2.45, 2.75) is 37.4 Å². The molecule has 0 atom stereocenters. The largest absolute Gasteiger partial charge is 0.481 e. The lowest BCUT2D eigenvalue weighted by Gasteiger charge is -2.19. The van der Waals surface area contributed by atoms with E-state index in [0.717, 1.165) is 0 Å². The van der Waals surface area contributed by atoms with E-state index in [9.17, 15) is 4.79 Å². The zero-order valence-corrected chi connectivity index (χ0v) is 7.40. The Morgan fingerprint density at radius 1 is 1.36 bits per heavy atom. The second kappa shape index (κ2) is 4.65. The Balaban J connectivity index is 2.09. The monoisotopic (exact) mass is 174 g/mol. The van der Waals surface area contributed by atoms with E-state index in [1.165, 1.54) is 32.1 Å². The fourth-order valence-corrected chi connectivity index (χ4v) is 2.47. The van der Waals surface area contributed by atoms with Gasteiger partial charge in [-0.05, 0) is 12.8 Å². The molecule has 0 aromatic heterocycles. The van der Waals surface area contributed by atoms with Crippen LogP contribution in [0, 0.1) is 0 Å². The van der Waals surface area contributed by atoms with Crippen molar-refractivity contribution in [3.63, 3.8) is 0 Å². The van der Waals surface area contributed by atoms with E-state index < -0.39 is 5.97 Å². The Morgan fingerprint density at radius 3 is 2.55 bits per heavy atom. The molecule has 2 nitrogen and oxygen atoms in total. The second-order valence-corrected chi connectivity index (χ2v) is 4.25. The molecule has 1 saturated carbocycles. The van der Waals surface area contributed by atoms with Crippen molar-refractivity contribution in [1.29, 1.82) is 0 Å². The van der Waals surface area contributed by atoms with Gasteiger partial charge >= 0.3 is 5.97 Å².